The molecule has 0 amide bonds. The Hall–Kier alpha value is -2.40. The van der Waals surface area contributed by atoms with Crippen LogP contribution < -0.4 is 4.74 Å². The summed E-state index contributed by atoms with van der Waals surface area (Å²) in [6, 6.07) is 14.3. The van der Waals surface area contributed by atoms with E-state index in [-0.39, 0.29) is 0 Å². The Kier molecular flexibility index (Phi) is 3.48. The number of nitrogens with zero attached hydrogens (tertiary/aromatic N) is 2. The average molecular weight is 336 g/mol. The molecule has 1 spiro atoms. The first-order valence-electron chi connectivity index (χ1n) is 8.84. The smallest absolute Gasteiger partial charge is 0.230 e. The highest BCUT2D eigenvalue weighted by Gasteiger charge is 2.57. The van der Waals surface area contributed by atoms with Crippen molar-refractivity contribution in [2.45, 2.75) is 31.8 Å². The molecule has 5 rings (SSSR count). The molecule has 128 valence electrons. The molecule has 2 heterocycles. The van der Waals surface area contributed by atoms with Gasteiger partial charge >= 0.3 is 0 Å². The first kappa shape index (κ1) is 14.9. The molecule has 25 heavy (non-hydrogen) atoms. The van der Waals surface area contributed by atoms with Gasteiger partial charge in [-0.3, -0.25) is 0 Å². The summed E-state index contributed by atoms with van der Waals surface area (Å²) >= 11 is 0. The molecule has 5 nitrogen and oxygen atoms in total. The molecule has 1 atom stereocenters. The summed E-state index contributed by atoms with van der Waals surface area (Å²) in [6.07, 6.45) is 3.34. The maximum Gasteiger partial charge on any atom is 0.230 e. The number of ether oxygens (including phenoxy) is 2. The lowest BCUT2D eigenvalue weighted by atomic mass is 9.94. The molecule has 1 saturated carbocycles. The predicted octanol–water partition coefficient (Wildman–Crippen LogP) is 4.09. The summed E-state index contributed by atoms with van der Waals surface area (Å²) in [5.74, 6) is 2.59. The Labute approximate surface area is 145 Å². The van der Waals surface area contributed by atoms with Gasteiger partial charge < -0.3 is 14.0 Å². The van der Waals surface area contributed by atoms with Crippen molar-refractivity contribution in [3.63, 3.8) is 0 Å². The van der Waals surface area contributed by atoms with E-state index in [0.29, 0.717) is 23.8 Å². The van der Waals surface area contributed by atoms with Crippen LogP contribution in [0.5, 0.6) is 5.75 Å². The maximum atomic E-state index is 5.85. The zero-order valence-corrected chi connectivity index (χ0v) is 14.0. The molecule has 3 aromatic rings. The number of hydrogen-bond acceptors (Lipinski definition) is 5. The highest BCUT2D eigenvalue weighted by molar-refractivity contribution is 5.83. The van der Waals surface area contributed by atoms with E-state index in [2.05, 4.69) is 28.3 Å². The Morgan fingerprint density at radius 2 is 1.92 bits per heavy atom. The van der Waals surface area contributed by atoms with E-state index in [9.17, 15) is 0 Å². The van der Waals surface area contributed by atoms with Gasteiger partial charge in [0.1, 0.15) is 5.75 Å². The second-order valence-corrected chi connectivity index (χ2v) is 7.08. The van der Waals surface area contributed by atoms with Gasteiger partial charge in [-0.25, -0.2) is 0 Å². The van der Waals surface area contributed by atoms with Gasteiger partial charge in [0, 0.05) is 19.1 Å². The van der Waals surface area contributed by atoms with Crippen LogP contribution in [0.1, 0.15) is 36.9 Å². The van der Waals surface area contributed by atoms with E-state index in [1.54, 1.807) is 0 Å². The second kappa shape index (κ2) is 5.85. The molecule has 0 bridgehead atoms. The number of benzene rings is 2. The number of hydrogen-bond donors (Lipinski definition) is 0. The number of aromatic nitrogens is 2. The van der Waals surface area contributed by atoms with Crippen LogP contribution in [0.15, 0.2) is 47.0 Å². The molecule has 1 aliphatic heterocycles. The Balaban J connectivity index is 1.25. The third-order valence-electron chi connectivity index (χ3n) is 5.55. The molecule has 1 aromatic heterocycles. The fourth-order valence-corrected chi connectivity index (χ4v) is 3.90. The van der Waals surface area contributed by atoms with Crippen molar-refractivity contribution < 1.29 is 14.0 Å². The monoisotopic (exact) mass is 336 g/mol. The van der Waals surface area contributed by atoms with Gasteiger partial charge in [0.2, 0.25) is 11.7 Å². The normalized spacial score (nSPS) is 21.5. The Bertz CT molecular complexity index is 899. The predicted molar refractivity (Wildman–Crippen MR) is 92.4 cm³/mol. The van der Waals surface area contributed by atoms with E-state index in [0.717, 1.165) is 49.5 Å². The van der Waals surface area contributed by atoms with Gasteiger partial charge in [0.25, 0.3) is 0 Å². The van der Waals surface area contributed by atoms with Crippen LogP contribution in [0, 0.1) is 5.41 Å². The van der Waals surface area contributed by atoms with Crippen LogP contribution >= 0.6 is 0 Å². The second-order valence-electron chi connectivity index (χ2n) is 7.08. The fourth-order valence-electron chi connectivity index (χ4n) is 3.90. The van der Waals surface area contributed by atoms with Crippen molar-refractivity contribution in [3.05, 3.63) is 54.2 Å². The Morgan fingerprint density at radius 1 is 1.08 bits per heavy atom. The van der Waals surface area contributed by atoms with Crippen molar-refractivity contribution in [2.24, 2.45) is 5.41 Å². The summed E-state index contributed by atoms with van der Waals surface area (Å²) in [6.45, 7) is 2.02. The van der Waals surface area contributed by atoms with Gasteiger partial charge in [-0.15, -0.1) is 0 Å². The van der Waals surface area contributed by atoms with E-state index in [4.69, 9.17) is 14.0 Å². The van der Waals surface area contributed by atoms with Gasteiger partial charge in [0.15, 0.2) is 6.61 Å². The SMILES string of the molecule is c1ccc2cc(OCc3noc(C4CC45CCOCC5)n3)ccc2c1. The highest BCUT2D eigenvalue weighted by Crippen LogP contribution is 2.64. The highest BCUT2D eigenvalue weighted by atomic mass is 16.5. The van der Waals surface area contributed by atoms with Gasteiger partial charge in [-0.05, 0) is 47.6 Å². The van der Waals surface area contributed by atoms with Crippen LogP contribution in [-0.4, -0.2) is 23.4 Å². The van der Waals surface area contributed by atoms with Crippen molar-refractivity contribution in [2.75, 3.05) is 13.2 Å². The zero-order valence-electron chi connectivity index (χ0n) is 14.0. The standard InChI is InChI=1S/C20H20N2O3/c1-2-4-15-11-16(6-5-14(15)3-1)24-13-18-21-19(25-22-18)17-12-20(17)7-9-23-10-8-20/h1-6,11,17H,7-10,12-13H2. The molecule has 1 aliphatic carbocycles. The summed E-state index contributed by atoms with van der Waals surface area (Å²) in [7, 11) is 0. The molecule has 2 fully saturated rings. The molecule has 5 heteroatoms. The lowest BCUT2D eigenvalue weighted by Crippen LogP contribution is -2.18. The molecular formula is C20H20N2O3. The lowest BCUT2D eigenvalue weighted by Gasteiger charge is -2.21. The van der Waals surface area contributed by atoms with Crippen LogP contribution in [0.2, 0.25) is 0 Å². The first-order chi connectivity index (χ1) is 12.3. The van der Waals surface area contributed by atoms with Crippen LogP contribution in [0.25, 0.3) is 10.8 Å². The summed E-state index contributed by atoms with van der Waals surface area (Å²) in [5.41, 5.74) is 0.348. The zero-order chi connectivity index (χ0) is 16.7. The molecule has 1 saturated heterocycles. The maximum absolute atomic E-state index is 5.85. The quantitative estimate of drug-likeness (QED) is 0.718. The topological polar surface area (TPSA) is 57.4 Å². The molecular weight excluding hydrogens is 316 g/mol. The average Bonchev–Trinajstić information content (AvgIpc) is 3.14. The molecule has 2 aromatic carbocycles. The van der Waals surface area contributed by atoms with E-state index in [1.807, 2.05) is 24.3 Å². The minimum absolute atomic E-state index is 0.324. The molecule has 0 radical (unpaired) electrons. The minimum atomic E-state index is 0.324. The van der Waals surface area contributed by atoms with Crippen molar-refractivity contribution in [1.82, 2.24) is 10.1 Å². The molecule has 2 aliphatic rings. The first-order valence-corrected chi connectivity index (χ1v) is 8.84. The van der Waals surface area contributed by atoms with Crippen LogP contribution in [-0.2, 0) is 11.3 Å². The minimum Gasteiger partial charge on any atom is -0.485 e. The van der Waals surface area contributed by atoms with E-state index >= 15 is 0 Å². The van der Waals surface area contributed by atoms with Crippen molar-refractivity contribution >= 4 is 10.8 Å². The summed E-state index contributed by atoms with van der Waals surface area (Å²) in [5, 5.41) is 6.45. The van der Waals surface area contributed by atoms with E-state index < -0.39 is 0 Å². The van der Waals surface area contributed by atoms with Crippen LogP contribution in [0.4, 0.5) is 0 Å². The fraction of sp³-hybridized carbons (Fsp3) is 0.400. The Morgan fingerprint density at radius 3 is 2.80 bits per heavy atom. The van der Waals surface area contributed by atoms with Gasteiger partial charge in [-0.1, -0.05) is 35.5 Å². The van der Waals surface area contributed by atoms with Crippen LogP contribution in [0.3, 0.4) is 0 Å². The largest absolute Gasteiger partial charge is 0.485 e. The van der Waals surface area contributed by atoms with Gasteiger partial charge in [-0.2, -0.15) is 4.98 Å². The summed E-state index contributed by atoms with van der Waals surface area (Å²) < 4.78 is 16.8. The van der Waals surface area contributed by atoms with Gasteiger partial charge in [0.05, 0.1) is 0 Å². The van der Waals surface area contributed by atoms with E-state index in [1.165, 1.54) is 5.39 Å². The van der Waals surface area contributed by atoms with Crippen molar-refractivity contribution in [1.29, 1.82) is 0 Å². The third kappa shape index (κ3) is 2.78. The van der Waals surface area contributed by atoms with Crippen molar-refractivity contribution in [3.8, 4) is 5.75 Å². The third-order valence-corrected chi connectivity index (χ3v) is 5.55. The lowest BCUT2D eigenvalue weighted by molar-refractivity contribution is 0.0544. The number of fused-ring (bicyclic) bond motifs is 1. The molecule has 1 unspecified atom stereocenters. The molecule has 0 N–H and O–H groups in total. The summed E-state index contributed by atoms with van der Waals surface area (Å²) in [4.78, 5) is 4.56. The number of rotatable bonds is 4.